The molecule has 6 rings (SSSR count). The maximum Gasteiger partial charge on any atom is 0.181 e. The van der Waals surface area contributed by atoms with E-state index in [1.807, 2.05) is 9.13 Å². The molecule has 8 heteroatoms. The van der Waals surface area contributed by atoms with Gasteiger partial charge in [-0.05, 0) is 35.4 Å². The van der Waals surface area contributed by atoms with Crippen LogP contribution in [0, 0.1) is 0 Å². The van der Waals surface area contributed by atoms with Crippen LogP contribution < -0.4 is 0 Å². The number of aromatic nitrogens is 8. The molecule has 6 aromatic rings. The molecule has 4 aromatic heterocycles. The minimum Gasteiger partial charge on any atom is -0.296 e. The van der Waals surface area contributed by atoms with Crippen molar-refractivity contribution in [3.05, 3.63) is 97.4 Å². The Balaban J connectivity index is 1.31. The monoisotopic (exact) mass is 432 g/mol. The lowest BCUT2D eigenvalue weighted by molar-refractivity contribution is 0.640. The van der Waals surface area contributed by atoms with Crippen molar-refractivity contribution < 1.29 is 0 Å². The predicted molar refractivity (Wildman–Crippen MR) is 125 cm³/mol. The van der Waals surface area contributed by atoms with E-state index in [9.17, 15) is 0 Å². The van der Waals surface area contributed by atoms with Crippen LogP contribution in [0.5, 0.6) is 0 Å². The lowest BCUT2D eigenvalue weighted by Gasteiger charge is -2.26. The average molecular weight is 432 g/mol. The van der Waals surface area contributed by atoms with Crippen LogP contribution in [0.15, 0.2) is 86.2 Å². The fourth-order valence-electron chi connectivity index (χ4n) is 4.18. The first kappa shape index (κ1) is 19.2. The summed E-state index contributed by atoms with van der Waals surface area (Å²) in [5, 5.41) is 0. The Bertz CT molecular complexity index is 1460. The summed E-state index contributed by atoms with van der Waals surface area (Å²) in [5.41, 5.74) is 7.47. The molecule has 160 valence electrons. The number of imidazole rings is 2. The summed E-state index contributed by atoms with van der Waals surface area (Å²) in [7, 11) is 0. The molecule has 0 fully saturated rings. The number of nitrogens with zero attached hydrogens (tertiary/aromatic N) is 8. The third-order valence-electron chi connectivity index (χ3n) is 6.19. The third kappa shape index (κ3) is 3.15. The van der Waals surface area contributed by atoms with E-state index < -0.39 is 0 Å². The van der Waals surface area contributed by atoms with Crippen LogP contribution in [-0.2, 0) is 5.41 Å². The summed E-state index contributed by atoms with van der Waals surface area (Å²) < 4.78 is 4.00. The molecule has 8 nitrogen and oxygen atoms in total. The van der Waals surface area contributed by atoms with Crippen molar-refractivity contribution in [2.24, 2.45) is 0 Å². The van der Waals surface area contributed by atoms with Gasteiger partial charge in [0.25, 0.3) is 0 Å². The number of fused-ring (bicyclic) bond motifs is 2. The van der Waals surface area contributed by atoms with Gasteiger partial charge in [0.15, 0.2) is 11.3 Å². The highest BCUT2D eigenvalue weighted by Gasteiger charge is 2.23. The summed E-state index contributed by atoms with van der Waals surface area (Å²) >= 11 is 0. The van der Waals surface area contributed by atoms with Gasteiger partial charge in [0.1, 0.15) is 36.3 Å². The summed E-state index contributed by atoms with van der Waals surface area (Å²) in [6.07, 6.45) is 10.2. The second-order valence-electron chi connectivity index (χ2n) is 8.41. The topological polar surface area (TPSA) is 87.2 Å². The highest BCUT2D eigenvalue weighted by molar-refractivity contribution is 5.72. The molecule has 0 unspecified atom stereocenters. The Morgan fingerprint density at radius 1 is 0.576 bits per heavy atom. The third-order valence-corrected chi connectivity index (χ3v) is 6.19. The molecule has 33 heavy (non-hydrogen) atoms. The van der Waals surface area contributed by atoms with Gasteiger partial charge in [0.05, 0.1) is 12.4 Å². The van der Waals surface area contributed by atoms with E-state index in [-0.39, 0.29) is 5.41 Å². The number of hydrogen-bond donors (Lipinski definition) is 0. The summed E-state index contributed by atoms with van der Waals surface area (Å²) in [4.78, 5) is 25.4. The molecular weight excluding hydrogens is 412 g/mol. The van der Waals surface area contributed by atoms with Crippen LogP contribution in [0.2, 0.25) is 0 Å². The first-order valence-corrected chi connectivity index (χ1v) is 10.6. The molecule has 0 saturated heterocycles. The molecule has 0 aliphatic carbocycles. The summed E-state index contributed by atoms with van der Waals surface area (Å²) in [6.45, 7) is 4.47. The van der Waals surface area contributed by atoms with Gasteiger partial charge in [-0.2, -0.15) is 0 Å². The molecule has 0 atom stereocenters. The minimum absolute atomic E-state index is 0.169. The Kier molecular flexibility index (Phi) is 4.26. The van der Waals surface area contributed by atoms with E-state index in [1.165, 1.54) is 23.8 Å². The van der Waals surface area contributed by atoms with E-state index in [1.54, 1.807) is 25.0 Å². The normalized spacial score (nSPS) is 11.9. The van der Waals surface area contributed by atoms with Gasteiger partial charge in [-0.25, -0.2) is 29.9 Å². The van der Waals surface area contributed by atoms with Crippen molar-refractivity contribution >= 4 is 22.3 Å². The number of rotatable bonds is 4. The Labute approximate surface area is 189 Å². The molecule has 0 aliphatic rings. The SMILES string of the molecule is CC(C)(c1ccc(-n2cnc3ncncc32)cc1)c1ccc(-n2cnc3ncncc32)cc1. The van der Waals surface area contributed by atoms with Crippen molar-refractivity contribution in [3.63, 3.8) is 0 Å². The van der Waals surface area contributed by atoms with Crippen molar-refractivity contribution in [1.82, 2.24) is 39.0 Å². The molecule has 0 N–H and O–H groups in total. The molecular formula is C25H20N8. The van der Waals surface area contributed by atoms with Crippen molar-refractivity contribution in [3.8, 4) is 11.4 Å². The van der Waals surface area contributed by atoms with Crippen molar-refractivity contribution in [2.75, 3.05) is 0 Å². The van der Waals surface area contributed by atoms with E-state index in [2.05, 4.69) is 92.3 Å². The van der Waals surface area contributed by atoms with E-state index in [0.717, 1.165) is 22.4 Å². The van der Waals surface area contributed by atoms with Gasteiger partial charge in [0.2, 0.25) is 0 Å². The summed E-state index contributed by atoms with van der Waals surface area (Å²) in [6, 6.07) is 17.1. The molecule has 0 aliphatic heterocycles. The van der Waals surface area contributed by atoms with Crippen LogP contribution in [0.1, 0.15) is 25.0 Å². The Morgan fingerprint density at radius 2 is 1.00 bits per heavy atom. The van der Waals surface area contributed by atoms with Crippen LogP contribution in [0.4, 0.5) is 0 Å². The maximum absolute atomic E-state index is 4.36. The highest BCUT2D eigenvalue weighted by atomic mass is 15.1. The van der Waals surface area contributed by atoms with E-state index in [0.29, 0.717) is 11.3 Å². The quantitative estimate of drug-likeness (QED) is 0.413. The maximum atomic E-state index is 4.36. The highest BCUT2D eigenvalue weighted by Crippen LogP contribution is 2.33. The molecule has 0 radical (unpaired) electrons. The van der Waals surface area contributed by atoms with Crippen molar-refractivity contribution in [1.29, 1.82) is 0 Å². The predicted octanol–water partition coefficient (Wildman–Crippen LogP) is 4.27. The zero-order valence-electron chi connectivity index (χ0n) is 18.2. The van der Waals surface area contributed by atoms with Gasteiger partial charge in [0, 0.05) is 16.8 Å². The minimum atomic E-state index is -0.169. The molecule has 0 saturated carbocycles. The number of hydrogen-bond acceptors (Lipinski definition) is 6. The van der Waals surface area contributed by atoms with Crippen LogP contribution in [0.3, 0.4) is 0 Å². The van der Waals surface area contributed by atoms with E-state index >= 15 is 0 Å². The lowest BCUT2D eigenvalue weighted by Crippen LogP contribution is -2.19. The first-order valence-electron chi connectivity index (χ1n) is 10.6. The number of benzene rings is 2. The van der Waals surface area contributed by atoms with Gasteiger partial charge in [-0.15, -0.1) is 0 Å². The Morgan fingerprint density at radius 3 is 1.42 bits per heavy atom. The average Bonchev–Trinajstić information content (AvgIpc) is 3.49. The first-order chi connectivity index (χ1) is 16.1. The van der Waals surface area contributed by atoms with Crippen LogP contribution in [0.25, 0.3) is 33.7 Å². The Hall–Kier alpha value is -4.46. The lowest BCUT2D eigenvalue weighted by atomic mass is 9.78. The van der Waals surface area contributed by atoms with Gasteiger partial charge in [-0.3, -0.25) is 9.13 Å². The molecule has 0 amide bonds. The fraction of sp³-hybridized carbons (Fsp3) is 0.120. The smallest absolute Gasteiger partial charge is 0.181 e. The second kappa shape index (κ2) is 7.30. The largest absolute Gasteiger partial charge is 0.296 e. The molecule has 4 heterocycles. The standard InChI is InChI=1S/C25H20N8/c1-25(2,17-3-7-19(8-4-17)32-15-30-23-21(32)11-26-13-28-23)18-5-9-20(10-6-18)33-16-31-24-22(33)12-27-14-29-24/h3-16H,1-2H3. The van der Waals surface area contributed by atoms with Crippen LogP contribution in [-0.4, -0.2) is 39.0 Å². The zero-order chi connectivity index (χ0) is 22.4. The van der Waals surface area contributed by atoms with Crippen molar-refractivity contribution in [2.45, 2.75) is 19.3 Å². The zero-order valence-corrected chi connectivity index (χ0v) is 18.2. The molecule has 0 spiro atoms. The fourth-order valence-corrected chi connectivity index (χ4v) is 4.18. The van der Waals surface area contributed by atoms with E-state index in [4.69, 9.17) is 0 Å². The van der Waals surface area contributed by atoms with Gasteiger partial charge >= 0.3 is 0 Å². The molecule has 0 bridgehead atoms. The van der Waals surface area contributed by atoms with Gasteiger partial charge in [-0.1, -0.05) is 38.1 Å². The van der Waals surface area contributed by atoms with Gasteiger partial charge < -0.3 is 0 Å². The summed E-state index contributed by atoms with van der Waals surface area (Å²) in [5.74, 6) is 0. The van der Waals surface area contributed by atoms with Crippen LogP contribution >= 0.6 is 0 Å². The second-order valence-corrected chi connectivity index (χ2v) is 8.41. The molecule has 2 aromatic carbocycles.